The van der Waals surface area contributed by atoms with Gasteiger partial charge in [-0.15, -0.1) is 0 Å². The summed E-state index contributed by atoms with van der Waals surface area (Å²) in [6.07, 6.45) is 0. The lowest BCUT2D eigenvalue weighted by Crippen LogP contribution is -2.14. The normalized spacial score (nSPS) is 10.7. The van der Waals surface area contributed by atoms with Gasteiger partial charge in [-0.2, -0.15) is 0 Å². The summed E-state index contributed by atoms with van der Waals surface area (Å²) < 4.78 is 27.7. The van der Waals surface area contributed by atoms with Gasteiger partial charge < -0.3 is 5.32 Å². The summed E-state index contributed by atoms with van der Waals surface area (Å²) in [5, 5.41) is 3.11. The van der Waals surface area contributed by atoms with E-state index < -0.39 is 0 Å². The highest BCUT2D eigenvalue weighted by atomic mass is 79.9. The number of benzene rings is 2. The summed E-state index contributed by atoms with van der Waals surface area (Å²) >= 11 is 3.31. The monoisotopic (exact) mass is 325 g/mol. The lowest BCUT2D eigenvalue weighted by Gasteiger charge is -2.07. The number of rotatable bonds is 4. The topological polar surface area (TPSA) is 12.0 Å². The Morgan fingerprint density at radius 1 is 1.00 bits per heavy atom. The van der Waals surface area contributed by atoms with Gasteiger partial charge >= 0.3 is 0 Å². The molecule has 0 aliphatic rings. The van der Waals surface area contributed by atoms with Crippen molar-refractivity contribution >= 4 is 15.9 Å². The Balaban J connectivity index is 1.96. The van der Waals surface area contributed by atoms with Gasteiger partial charge in [0.05, 0.1) is 0 Å². The van der Waals surface area contributed by atoms with Gasteiger partial charge in [0, 0.05) is 23.1 Å². The maximum atomic E-state index is 13.5. The van der Waals surface area contributed by atoms with Crippen LogP contribution in [0.1, 0.15) is 16.7 Å². The van der Waals surface area contributed by atoms with E-state index in [2.05, 4.69) is 21.2 Å². The first kappa shape index (κ1) is 14.2. The quantitative estimate of drug-likeness (QED) is 0.882. The molecule has 0 bridgehead atoms. The Kier molecular flexibility index (Phi) is 4.66. The van der Waals surface area contributed by atoms with E-state index in [1.54, 1.807) is 25.1 Å². The van der Waals surface area contributed by atoms with Crippen molar-refractivity contribution in [1.82, 2.24) is 5.32 Å². The van der Waals surface area contributed by atoms with Gasteiger partial charge in [-0.1, -0.05) is 28.1 Å². The zero-order chi connectivity index (χ0) is 13.8. The van der Waals surface area contributed by atoms with Crippen LogP contribution in [0.4, 0.5) is 8.78 Å². The minimum absolute atomic E-state index is 0.215. The molecule has 0 spiro atoms. The Bertz CT molecular complexity index is 584. The molecule has 4 heteroatoms. The minimum atomic E-state index is -0.245. The second-order valence-electron chi connectivity index (χ2n) is 4.42. The van der Waals surface area contributed by atoms with Crippen LogP contribution in [0.15, 0.2) is 40.9 Å². The molecule has 2 aromatic rings. The molecule has 2 aromatic carbocycles. The zero-order valence-electron chi connectivity index (χ0n) is 10.5. The fraction of sp³-hybridized carbons (Fsp3) is 0.200. The second kappa shape index (κ2) is 6.26. The molecule has 0 heterocycles. The Labute approximate surface area is 119 Å². The van der Waals surface area contributed by atoms with Crippen molar-refractivity contribution in [2.45, 2.75) is 20.0 Å². The molecular weight excluding hydrogens is 312 g/mol. The van der Waals surface area contributed by atoms with Crippen molar-refractivity contribution in [2.75, 3.05) is 0 Å². The van der Waals surface area contributed by atoms with E-state index in [0.717, 1.165) is 10.0 Å². The van der Waals surface area contributed by atoms with Gasteiger partial charge in [0.1, 0.15) is 11.6 Å². The van der Waals surface area contributed by atoms with Crippen molar-refractivity contribution in [1.29, 1.82) is 0 Å². The highest BCUT2D eigenvalue weighted by Crippen LogP contribution is 2.15. The maximum absolute atomic E-state index is 13.5. The zero-order valence-corrected chi connectivity index (χ0v) is 12.1. The fourth-order valence-corrected chi connectivity index (χ4v) is 2.18. The van der Waals surface area contributed by atoms with Gasteiger partial charge in [0.15, 0.2) is 0 Å². The molecule has 0 unspecified atom stereocenters. The number of aryl methyl sites for hydroxylation is 1. The third-order valence-corrected chi connectivity index (χ3v) is 3.38. The van der Waals surface area contributed by atoms with Crippen LogP contribution in [-0.2, 0) is 13.1 Å². The smallest absolute Gasteiger partial charge is 0.127 e. The van der Waals surface area contributed by atoms with E-state index in [9.17, 15) is 8.78 Å². The van der Waals surface area contributed by atoms with Crippen molar-refractivity contribution in [3.05, 3.63) is 69.2 Å². The molecular formula is C15H14BrF2N. The average Bonchev–Trinajstić information content (AvgIpc) is 2.38. The molecule has 0 saturated carbocycles. The van der Waals surface area contributed by atoms with Crippen LogP contribution in [0, 0.1) is 18.6 Å². The van der Waals surface area contributed by atoms with Crippen LogP contribution < -0.4 is 5.32 Å². The van der Waals surface area contributed by atoms with Crippen molar-refractivity contribution in [3.63, 3.8) is 0 Å². The molecule has 0 amide bonds. The highest BCUT2D eigenvalue weighted by molar-refractivity contribution is 9.10. The molecule has 1 N–H and O–H groups in total. The predicted octanol–water partition coefficient (Wildman–Crippen LogP) is 4.33. The second-order valence-corrected chi connectivity index (χ2v) is 5.34. The number of halogens is 3. The average molecular weight is 326 g/mol. The molecule has 0 aliphatic heterocycles. The van der Waals surface area contributed by atoms with Crippen molar-refractivity contribution < 1.29 is 8.78 Å². The third-order valence-electron chi connectivity index (χ3n) is 2.89. The SMILES string of the molecule is Cc1ccc(CNCc2cc(Br)ccc2F)cc1F. The summed E-state index contributed by atoms with van der Waals surface area (Å²) in [7, 11) is 0. The molecule has 2 rings (SSSR count). The highest BCUT2D eigenvalue weighted by Gasteiger charge is 2.03. The molecule has 0 fully saturated rings. The molecule has 1 nitrogen and oxygen atoms in total. The lowest BCUT2D eigenvalue weighted by molar-refractivity contribution is 0.584. The number of hydrogen-bond donors (Lipinski definition) is 1. The lowest BCUT2D eigenvalue weighted by atomic mass is 10.1. The van der Waals surface area contributed by atoms with E-state index in [-0.39, 0.29) is 11.6 Å². The van der Waals surface area contributed by atoms with E-state index in [1.807, 2.05) is 6.07 Å². The molecule has 100 valence electrons. The first-order valence-corrected chi connectivity index (χ1v) is 6.75. The number of nitrogens with one attached hydrogen (secondary N) is 1. The summed E-state index contributed by atoms with van der Waals surface area (Å²) in [4.78, 5) is 0. The molecule has 0 aromatic heterocycles. The van der Waals surface area contributed by atoms with Gasteiger partial charge in [-0.05, 0) is 42.3 Å². The summed E-state index contributed by atoms with van der Waals surface area (Å²) in [5.41, 5.74) is 2.06. The van der Waals surface area contributed by atoms with Gasteiger partial charge in [-0.25, -0.2) is 8.78 Å². The summed E-state index contributed by atoms with van der Waals surface area (Å²) in [6.45, 7) is 2.63. The number of hydrogen-bond acceptors (Lipinski definition) is 1. The first-order valence-electron chi connectivity index (χ1n) is 5.96. The Hall–Kier alpha value is -1.26. The van der Waals surface area contributed by atoms with Crippen molar-refractivity contribution in [2.24, 2.45) is 0 Å². The van der Waals surface area contributed by atoms with E-state index >= 15 is 0 Å². The molecule has 0 aliphatic carbocycles. The fourth-order valence-electron chi connectivity index (χ4n) is 1.77. The van der Waals surface area contributed by atoms with Gasteiger partial charge in [-0.3, -0.25) is 0 Å². The Morgan fingerprint density at radius 3 is 2.53 bits per heavy atom. The summed E-state index contributed by atoms with van der Waals surface area (Å²) in [5.74, 6) is -0.460. The summed E-state index contributed by atoms with van der Waals surface area (Å²) in [6, 6.07) is 9.92. The maximum Gasteiger partial charge on any atom is 0.127 e. The van der Waals surface area contributed by atoms with Crippen LogP contribution in [0.25, 0.3) is 0 Å². The molecule has 0 saturated heterocycles. The van der Waals surface area contributed by atoms with Crippen LogP contribution in [-0.4, -0.2) is 0 Å². The van der Waals surface area contributed by atoms with Crippen molar-refractivity contribution in [3.8, 4) is 0 Å². The first-order chi connectivity index (χ1) is 9.06. The van der Waals surface area contributed by atoms with Crippen LogP contribution >= 0.6 is 15.9 Å². The van der Waals surface area contributed by atoms with Crippen LogP contribution in [0.5, 0.6) is 0 Å². The minimum Gasteiger partial charge on any atom is -0.309 e. The Morgan fingerprint density at radius 2 is 1.79 bits per heavy atom. The van der Waals surface area contributed by atoms with Crippen LogP contribution in [0.2, 0.25) is 0 Å². The molecule has 0 radical (unpaired) electrons. The third kappa shape index (κ3) is 3.85. The van der Waals surface area contributed by atoms with E-state index in [4.69, 9.17) is 0 Å². The van der Waals surface area contributed by atoms with E-state index in [1.165, 1.54) is 12.1 Å². The van der Waals surface area contributed by atoms with Crippen LogP contribution in [0.3, 0.4) is 0 Å². The largest absolute Gasteiger partial charge is 0.309 e. The van der Waals surface area contributed by atoms with E-state index in [0.29, 0.717) is 24.2 Å². The predicted molar refractivity (Wildman–Crippen MR) is 75.8 cm³/mol. The standard InChI is InChI=1S/C15H14BrF2N/c1-10-2-3-11(6-15(10)18)8-19-9-12-7-13(16)4-5-14(12)17/h2-7,19H,8-9H2,1H3. The molecule has 19 heavy (non-hydrogen) atoms. The molecule has 0 atom stereocenters. The van der Waals surface area contributed by atoms with Gasteiger partial charge in [0.25, 0.3) is 0 Å². The van der Waals surface area contributed by atoms with Gasteiger partial charge in [0.2, 0.25) is 0 Å².